The molecule has 0 aliphatic heterocycles. The van der Waals surface area contributed by atoms with Gasteiger partial charge < -0.3 is 9.87 Å². The van der Waals surface area contributed by atoms with Crippen LogP contribution in [0.2, 0.25) is 0 Å². The lowest BCUT2D eigenvalue weighted by Crippen LogP contribution is -2.27. The van der Waals surface area contributed by atoms with Gasteiger partial charge in [0.15, 0.2) is 11.1 Å². The van der Waals surface area contributed by atoms with E-state index in [0.717, 1.165) is 12.8 Å². The van der Waals surface area contributed by atoms with E-state index in [1.807, 2.05) is 0 Å². The fourth-order valence-electron chi connectivity index (χ4n) is 2.72. The quantitative estimate of drug-likeness (QED) is 0.193. The van der Waals surface area contributed by atoms with Crippen LogP contribution in [0, 0.1) is 0 Å². The molecule has 0 fully saturated rings. The summed E-state index contributed by atoms with van der Waals surface area (Å²) in [6, 6.07) is 0. The van der Waals surface area contributed by atoms with E-state index < -0.39 is 11.1 Å². The number of nitrogens with one attached hydrogen (secondary N) is 1. The van der Waals surface area contributed by atoms with Crippen molar-refractivity contribution in [2.45, 2.75) is 96.8 Å². The summed E-state index contributed by atoms with van der Waals surface area (Å²) in [6.45, 7) is 2.54. The lowest BCUT2D eigenvalue weighted by molar-refractivity contribution is -0.121. The van der Waals surface area contributed by atoms with Gasteiger partial charge in [0.25, 0.3) is 0 Å². The third-order valence-corrected chi connectivity index (χ3v) is 4.82. The first-order chi connectivity index (χ1) is 12.2. The third kappa shape index (κ3) is 21.3. The summed E-state index contributed by atoms with van der Waals surface area (Å²) in [5.41, 5.74) is 0. The number of rotatable bonds is 18. The molecule has 0 saturated heterocycles. The van der Waals surface area contributed by atoms with E-state index in [9.17, 15) is 9.00 Å². The highest BCUT2D eigenvalue weighted by molar-refractivity contribution is 7.79. The van der Waals surface area contributed by atoms with Crippen molar-refractivity contribution in [3.8, 4) is 0 Å². The molecule has 4 nitrogen and oxygen atoms in total. The molecule has 5 heteroatoms. The SMILES string of the molecule is CCCCCCCC/C=C\CCCCCCCC(=O)NCCS(=O)O. The molecule has 2 N–H and O–H groups in total. The second-order valence-corrected chi connectivity index (χ2v) is 7.76. The predicted octanol–water partition coefficient (Wildman–Crippen LogP) is 5.36. The first-order valence-corrected chi connectivity index (χ1v) is 11.4. The van der Waals surface area contributed by atoms with E-state index in [1.54, 1.807) is 0 Å². The van der Waals surface area contributed by atoms with Gasteiger partial charge in [-0.05, 0) is 32.1 Å². The van der Waals surface area contributed by atoms with Crippen molar-refractivity contribution in [3.05, 3.63) is 12.2 Å². The van der Waals surface area contributed by atoms with Crippen LogP contribution in [0.3, 0.4) is 0 Å². The van der Waals surface area contributed by atoms with Crippen LogP contribution >= 0.6 is 0 Å². The minimum absolute atomic E-state index is 0.0110. The van der Waals surface area contributed by atoms with E-state index in [4.69, 9.17) is 4.55 Å². The van der Waals surface area contributed by atoms with E-state index in [1.165, 1.54) is 70.6 Å². The van der Waals surface area contributed by atoms with E-state index >= 15 is 0 Å². The minimum Gasteiger partial charge on any atom is -0.355 e. The van der Waals surface area contributed by atoms with Crippen LogP contribution in [-0.2, 0) is 15.9 Å². The van der Waals surface area contributed by atoms with Gasteiger partial charge in [-0.25, -0.2) is 4.21 Å². The Balaban J connectivity index is 3.21. The second-order valence-electron chi connectivity index (χ2n) is 6.71. The molecule has 0 aliphatic rings. The topological polar surface area (TPSA) is 66.4 Å². The van der Waals surface area contributed by atoms with E-state index in [0.29, 0.717) is 6.42 Å². The van der Waals surface area contributed by atoms with Gasteiger partial charge in [-0.2, -0.15) is 0 Å². The molecule has 0 aromatic heterocycles. The van der Waals surface area contributed by atoms with Gasteiger partial charge in [-0.1, -0.05) is 70.4 Å². The molecule has 148 valence electrons. The van der Waals surface area contributed by atoms with Crippen LogP contribution in [0.1, 0.15) is 96.8 Å². The molecule has 0 radical (unpaired) electrons. The van der Waals surface area contributed by atoms with Crippen molar-refractivity contribution >= 4 is 17.0 Å². The van der Waals surface area contributed by atoms with Crippen molar-refractivity contribution in [1.29, 1.82) is 0 Å². The van der Waals surface area contributed by atoms with Crippen LogP contribution in [0.5, 0.6) is 0 Å². The molecule has 0 spiro atoms. The Labute approximate surface area is 157 Å². The molecule has 1 unspecified atom stereocenters. The van der Waals surface area contributed by atoms with Gasteiger partial charge in [0.05, 0.1) is 5.75 Å². The van der Waals surface area contributed by atoms with Gasteiger partial charge in [-0.15, -0.1) is 0 Å². The van der Waals surface area contributed by atoms with Crippen LogP contribution in [0.25, 0.3) is 0 Å². The van der Waals surface area contributed by atoms with Crippen molar-refractivity contribution in [2.24, 2.45) is 0 Å². The van der Waals surface area contributed by atoms with Gasteiger partial charge in [0.2, 0.25) is 5.91 Å². The molecule has 25 heavy (non-hydrogen) atoms. The Morgan fingerprint density at radius 1 is 0.880 bits per heavy atom. The Hall–Kier alpha value is -0.680. The Bertz CT molecular complexity index is 359. The molecular weight excluding hydrogens is 334 g/mol. The highest BCUT2D eigenvalue weighted by Crippen LogP contribution is 2.09. The minimum atomic E-state index is -1.82. The lowest BCUT2D eigenvalue weighted by atomic mass is 10.1. The van der Waals surface area contributed by atoms with Crippen LogP contribution in [0.15, 0.2) is 12.2 Å². The molecule has 0 heterocycles. The fourth-order valence-corrected chi connectivity index (χ4v) is 3.00. The monoisotopic (exact) mass is 373 g/mol. The molecule has 0 saturated carbocycles. The Kier molecular flexibility index (Phi) is 19.1. The zero-order chi connectivity index (χ0) is 18.6. The molecule has 0 aromatic rings. The summed E-state index contributed by atoms with van der Waals surface area (Å²) < 4.78 is 19.0. The van der Waals surface area contributed by atoms with Gasteiger partial charge in [0, 0.05) is 13.0 Å². The zero-order valence-electron chi connectivity index (χ0n) is 16.1. The standard InChI is InChI=1S/C20H39NO3S/c1-2-3-4-5-6-7-8-9-10-11-12-13-14-15-16-17-20(22)21-18-19-25(23)24/h9-10H,2-8,11-19H2,1H3,(H,21,22)(H,23,24)/b10-9-. The first-order valence-electron chi connectivity index (χ1n) is 10.2. The van der Waals surface area contributed by atoms with Crippen LogP contribution in [0.4, 0.5) is 0 Å². The summed E-state index contributed by atoms with van der Waals surface area (Å²) in [6.07, 6.45) is 21.4. The molecular formula is C20H39NO3S. The number of allylic oxidation sites excluding steroid dienone is 2. The number of hydrogen-bond acceptors (Lipinski definition) is 2. The summed E-state index contributed by atoms with van der Waals surface area (Å²) in [5.74, 6) is 0.0982. The highest BCUT2D eigenvalue weighted by atomic mass is 32.2. The molecule has 0 bridgehead atoms. The predicted molar refractivity (Wildman–Crippen MR) is 108 cm³/mol. The Morgan fingerprint density at radius 3 is 1.96 bits per heavy atom. The first kappa shape index (κ1) is 24.3. The van der Waals surface area contributed by atoms with Crippen LogP contribution < -0.4 is 5.32 Å². The second kappa shape index (κ2) is 19.6. The highest BCUT2D eigenvalue weighted by Gasteiger charge is 2.01. The van der Waals surface area contributed by atoms with Gasteiger partial charge in [-0.3, -0.25) is 4.79 Å². The summed E-state index contributed by atoms with van der Waals surface area (Å²) in [7, 11) is 0. The lowest BCUT2D eigenvalue weighted by Gasteiger charge is -2.03. The molecule has 1 amide bonds. The number of unbranched alkanes of at least 4 members (excludes halogenated alkanes) is 11. The summed E-state index contributed by atoms with van der Waals surface area (Å²) in [4.78, 5) is 11.5. The molecule has 0 rings (SSSR count). The van der Waals surface area contributed by atoms with Crippen LogP contribution in [-0.4, -0.2) is 27.0 Å². The number of amides is 1. The van der Waals surface area contributed by atoms with Gasteiger partial charge in [0.1, 0.15) is 0 Å². The van der Waals surface area contributed by atoms with Crippen molar-refractivity contribution in [3.63, 3.8) is 0 Å². The average Bonchev–Trinajstić information content (AvgIpc) is 2.58. The van der Waals surface area contributed by atoms with E-state index in [2.05, 4.69) is 24.4 Å². The summed E-state index contributed by atoms with van der Waals surface area (Å²) in [5, 5.41) is 2.66. The van der Waals surface area contributed by atoms with Gasteiger partial charge >= 0.3 is 0 Å². The van der Waals surface area contributed by atoms with Crippen molar-refractivity contribution in [1.82, 2.24) is 5.32 Å². The maximum absolute atomic E-state index is 11.5. The normalized spacial score (nSPS) is 12.6. The number of hydrogen-bond donors (Lipinski definition) is 2. The largest absolute Gasteiger partial charge is 0.355 e. The Morgan fingerprint density at radius 2 is 1.40 bits per heavy atom. The molecule has 1 atom stereocenters. The maximum Gasteiger partial charge on any atom is 0.220 e. The van der Waals surface area contributed by atoms with Crippen molar-refractivity contribution in [2.75, 3.05) is 12.3 Å². The average molecular weight is 374 g/mol. The number of carbonyl (C=O) groups is 1. The molecule has 0 aromatic carbocycles. The van der Waals surface area contributed by atoms with Crippen molar-refractivity contribution < 1.29 is 13.6 Å². The number of carbonyl (C=O) groups excluding carboxylic acids is 1. The maximum atomic E-state index is 11.5. The third-order valence-electron chi connectivity index (χ3n) is 4.26. The van der Waals surface area contributed by atoms with E-state index in [-0.39, 0.29) is 18.2 Å². The zero-order valence-corrected chi connectivity index (χ0v) is 17.0. The summed E-state index contributed by atoms with van der Waals surface area (Å²) >= 11 is -1.82. The molecule has 0 aliphatic carbocycles. The fraction of sp³-hybridized carbons (Fsp3) is 0.850. The smallest absolute Gasteiger partial charge is 0.220 e.